The Balaban J connectivity index is 2.48. The number of nitrogens with zero attached hydrogens (tertiary/aromatic N) is 1. The van der Waals surface area contributed by atoms with Gasteiger partial charge in [0.15, 0.2) is 0 Å². The fourth-order valence-electron chi connectivity index (χ4n) is 1.76. The number of rotatable bonds is 2. The standard InChI is InChI=1S/C8H18N2/c1-7(2)8(4-9)5-10(3)6-8/h7H,4-6,9H2,1-3H3. The SMILES string of the molecule is CC(C)C1(CN)CN(C)C1. The van der Waals surface area contributed by atoms with E-state index in [1.165, 1.54) is 13.1 Å². The molecular formula is C8H18N2. The minimum Gasteiger partial charge on any atom is -0.330 e. The molecule has 60 valence electrons. The molecule has 0 aliphatic carbocycles. The molecule has 1 fully saturated rings. The van der Waals surface area contributed by atoms with Crippen LogP contribution in [0.3, 0.4) is 0 Å². The molecule has 0 aromatic heterocycles. The van der Waals surface area contributed by atoms with E-state index >= 15 is 0 Å². The van der Waals surface area contributed by atoms with E-state index < -0.39 is 0 Å². The molecule has 2 N–H and O–H groups in total. The van der Waals surface area contributed by atoms with Crippen LogP contribution in [0, 0.1) is 11.3 Å². The number of hydrogen-bond donors (Lipinski definition) is 1. The Labute approximate surface area is 63.4 Å². The molecule has 0 radical (unpaired) electrons. The largest absolute Gasteiger partial charge is 0.330 e. The molecule has 0 atom stereocenters. The van der Waals surface area contributed by atoms with Crippen LogP contribution in [0.2, 0.25) is 0 Å². The van der Waals surface area contributed by atoms with Crippen LogP contribution in [0.5, 0.6) is 0 Å². The molecule has 0 aromatic rings. The third-order valence-electron chi connectivity index (χ3n) is 2.80. The van der Waals surface area contributed by atoms with Crippen LogP contribution in [0.15, 0.2) is 0 Å². The second-order valence-corrected chi connectivity index (χ2v) is 3.89. The van der Waals surface area contributed by atoms with Gasteiger partial charge in [-0.05, 0) is 13.0 Å². The van der Waals surface area contributed by atoms with Gasteiger partial charge in [0.25, 0.3) is 0 Å². The Kier molecular flexibility index (Phi) is 2.02. The van der Waals surface area contributed by atoms with Gasteiger partial charge < -0.3 is 10.6 Å². The quantitative estimate of drug-likeness (QED) is 0.609. The Bertz CT molecular complexity index is 114. The number of hydrogen-bond acceptors (Lipinski definition) is 2. The van der Waals surface area contributed by atoms with E-state index in [0.29, 0.717) is 5.41 Å². The molecule has 2 nitrogen and oxygen atoms in total. The van der Waals surface area contributed by atoms with E-state index in [9.17, 15) is 0 Å². The van der Waals surface area contributed by atoms with Gasteiger partial charge in [-0.2, -0.15) is 0 Å². The monoisotopic (exact) mass is 142 g/mol. The molecule has 0 saturated carbocycles. The fraction of sp³-hybridized carbons (Fsp3) is 1.00. The van der Waals surface area contributed by atoms with Crippen molar-refractivity contribution in [1.82, 2.24) is 4.90 Å². The molecule has 1 heterocycles. The summed E-state index contributed by atoms with van der Waals surface area (Å²) in [4.78, 5) is 2.33. The van der Waals surface area contributed by atoms with E-state index in [1.54, 1.807) is 0 Å². The van der Waals surface area contributed by atoms with Crippen LogP contribution in [0.4, 0.5) is 0 Å². The van der Waals surface area contributed by atoms with Gasteiger partial charge in [0.1, 0.15) is 0 Å². The summed E-state index contributed by atoms with van der Waals surface area (Å²) in [5, 5.41) is 0. The van der Waals surface area contributed by atoms with Crippen molar-refractivity contribution in [3.8, 4) is 0 Å². The summed E-state index contributed by atoms with van der Waals surface area (Å²) < 4.78 is 0. The van der Waals surface area contributed by atoms with Gasteiger partial charge in [0.2, 0.25) is 0 Å². The lowest BCUT2D eigenvalue weighted by Crippen LogP contribution is -2.60. The van der Waals surface area contributed by atoms with E-state index in [4.69, 9.17) is 5.73 Å². The normalized spacial score (nSPS) is 24.9. The van der Waals surface area contributed by atoms with Crippen molar-refractivity contribution in [2.24, 2.45) is 17.1 Å². The van der Waals surface area contributed by atoms with Crippen LogP contribution in [-0.4, -0.2) is 31.6 Å². The van der Waals surface area contributed by atoms with Gasteiger partial charge in [-0.25, -0.2) is 0 Å². The van der Waals surface area contributed by atoms with Gasteiger partial charge in [-0.3, -0.25) is 0 Å². The summed E-state index contributed by atoms with van der Waals surface area (Å²) >= 11 is 0. The average molecular weight is 142 g/mol. The van der Waals surface area contributed by atoms with Crippen molar-refractivity contribution in [2.75, 3.05) is 26.7 Å². The minimum absolute atomic E-state index is 0.439. The summed E-state index contributed by atoms with van der Waals surface area (Å²) in [6.45, 7) is 7.73. The highest BCUT2D eigenvalue weighted by Gasteiger charge is 2.42. The first-order valence-electron chi connectivity index (χ1n) is 3.99. The smallest absolute Gasteiger partial charge is 0.0103 e. The highest BCUT2D eigenvalue weighted by molar-refractivity contribution is 4.96. The molecule has 2 heteroatoms. The molecule has 0 aromatic carbocycles. The van der Waals surface area contributed by atoms with Crippen LogP contribution < -0.4 is 5.73 Å². The van der Waals surface area contributed by atoms with Crippen molar-refractivity contribution in [3.63, 3.8) is 0 Å². The second kappa shape index (κ2) is 2.51. The zero-order chi connectivity index (χ0) is 7.78. The first-order chi connectivity index (χ1) is 4.60. The third-order valence-corrected chi connectivity index (χ3v) is 2.80. The van der Waals surface area contributed by atoms with E-state index in [0.717, 1.165) is 12.5 Å². The maximum absolute atomic E-state index is 5.71. The average Bonchev–Trinajstić information content (AvgIpc) is 1.79. The van der Waals surface area contributed by atoms with Crippen LogP contribution in [-0.2, 0) is 0 Å². The summed E-state index contributed by atoms with van der Waals surface area (Å²) in [6, 6.07) is 0. The molecule has 1 aliphatic heterocycles. The Morgan fingerprint density at radius 3 is 2.10 bits per heavy atom. The van der Waals surface area contributed by atoms with E-state index in [-0.39, 0.29) is 0 Å². The highest BCUT2D eigenvalue weighted by atomic mass is 15.2. The van der Waals surface area contributed by atoms with Crippen LogP contribution in [0.1, 0.15) is 13.8 Å². The molecule has 0 bridgehead atoms. The molecule has 0 unspecified atom stereocenters. The fourth-order valence-corrected chi connectivity index (χ4v) is 1.76. The van der Waals surface area contributed by atoms with Gasteiger partial charge >= 0.3 is 0 Å². The summed E-state index contributed by atoms with van der Waals surface area (Å²) in [5.41, 5.74) is 6.14. The van der Waals surface area contributed by atoms with Crippen molar-refractivity contribution in [3.05, 3.63) is 0 Å². The Morgan fingerprint density at radius 1 is 1.50 bits per heavy atom. The van der Waals surface area contributed by atoms with E-state index in [2.05, 4.69) is 25.8 Å². The lowest BCUT2D eigenvalue weighted by molar-refractivity contribution is -0.00992. The van der Waals surface area contributed by atoms with Crippen LogP contribution in [0.25, 0.3) is 0 Å². The van der Waals surface area contributed by atoms with Gasteiger partial charge in [0, 0.05) is 25.0 Å². The van der Waals surface area contributed by atoms with Crippen molar-refractivity contribution in [2.45, 2.75) is 13.8 Å². The van der Waals surface area contributed by atoms with E-state index in [1.807, 2.05) is 0 Å². The molecule has 0 spiro atoms. The molecule has 0 amide bonds. The summed E-state index contributed by atoms with van der Waals surface area (Å²) in [5.74, 6) is 0.730. The predicted octanol–water partition coefficient (Wildman–Crippen LogP) is 0.533. The zero-order valence-electron chi connectivity index (χ0n) is 7.22. The van der Waals surface area contributed by atoms with Gasteiger partial charge in [-0.1, -0.05) is 13.8 Å². The maximum Gasteiger partial charge on any atom is 0.0103 e. The van der Waals surface area contributed by atoms with Crippen molar-refractivity contribution in [1.29, 1.82) is 0 Å². The van der Waals surface area contributed by atoms with Gasteiger partial charge in [-0.15, -0.1) is 0 Å². The molecule has 1 aliphatic rings. The maximum atomic E-state index is 5.71. The zero-order valence-corrected chi connectivity index (χ0v) is 7.22. The van der Waals surface area contributed by atoms with Crippen molar-refractivity contribution < 1.29 is 0 Å². The summed E-state index contributed by atoms with van der Waals surface area (Å²) in [6.07, 6.45) is 0. The topological polar surface area (TPSA) is 29.3 Å². The molecule has 10 heavy (non-hydrogen) atoms. The predicted molar refractivity (Wildman–Crippen MR) is 43.8 cm³/mol. The Hall–Kier alpha value is -0.0800. The highest BCUT2D eigenvalue weighted by Crippen LogP contribution is 2.35. The van der Waals surface area contributed by atoms with Gasteiger partial charge in [0.05, 0.1) is 0 Å². The lowest BCUT2D eigenvalue weighted by atomic mass is 9.71. The minimum atomic E-state index is 0.439. The first-order valence-corrected chi connectivity index (χ1v) is 3.99. The molecular weight excluding hydrogens is 124 g/mol. The van der Waals surface area contributed by atoms with Crippen LogP contribution >= 0.6 is 0 Å². The Morgan fingerprint density at radius 2 is 2.00 bits per heavy atom. The molecule has 1 saturated heterocycles. The summed E-state index contributed by atoms with van der Waals surface area (Å²) in [7, 11) is 2.15. The third kappa shape index (κ3) is 1.06. The van der Waals surface area contributed by atoms with Crippen molar-refractivity contribution >= 4 is 0 Å². The first kappa shape index (κ1) is 8.02. The number of nitrogens with two attached hydrogens (primary N) is 1. The lowest BCUT2D eigenvalue weighted by Gasteiger charge is -2.51. The second-order valence-electron chi connectivity index (χ2n) is 3.89. The molecule has 1 rings (SSSR count). The number of likely N-dealkylation sites (tertiary alicyclic amines) is 1.